The van der Waals surface area contributed by atoms with E-state index in [4.69, 9.17) is 13.8 Å². The van der Waals surface area contributed by atoms with Crippen LogP contribution in [0.2, 0.25) is 0 Å². The number of anilines is 1. The summed E-state index contributed by atoms with van der Waals surface area (Å²) in [7, 11) is 1.51. The Morgan fingerprint density at radius 1 is 1.07 bits per heavy atom. The molecule has 0 unspecified atom stereocenters. The van der Waals surface area contributed by atoms with Crippen molar-refractivity contribution < 1.29 is 23.5 Å². The van der Waals surface area contributed by atoms with Gasteiger partial charge in [0.25, 0.3) is 0 Å². The largest absolute Gasteiger partial charge is 0.493 e. The summed E-state index contributed by atoms with van der Waals surface area (Å²) in [5.41, 5.74) is 1.21. The number of ether oxygens (including phenoxy) is 2. The maximum atomic E-state index is 12.0. The summed E-state index contributed by atoms with van der Waals surface area (Å²) in [4.78, 5) is 20.8. The molecule has 0 aliphatic carbocycles. The van der Waals surface area contributed by atoms with Crippen molar-refractivity contribution in [3.05, 3.63) is 24.3 Å². The van der Waals surface area contributed by atoms with E-state index in [0.717, 1.165) is 57.9 Å². The first kappa shape index (κ1) is 23.0. The number of likely N-dealkylation sites (tertiary alicyclic amines) is 1. The van der Waals surface area contributed by atoms with Crippen molar-refractivity contribution in [3.63, 3.8) is 0 Å². The van der Waals surface area contributed by atoms with Crippen LogP contribution in [0.4, 0.5) is 10.5 Å². The highest BCUT2D eigenvalue weighted by Crippen LogP contribution is 2.24. The van der Waals surface area contributed by atoms with Crippen LogP contribution in [0, 0.1) is 5.92 Å². The number of nitrogens with zero attached hydrogens (tertiary/aromatic N) is 3. The average Bonchev–Trinajstić information content (AvgIpc) is 2.77. The molecule has 168 valence electrons. The molecule has 2 saturated heterocycles. The van der Waals surface area contributed by atoms with E-state index in [9.17, 15) is 4.79 Å². The topological polar surface area (TPSA) is 63.7 Å². The molecule has 0 bridgehead atoms. The average molecular weight is 440 g/mol. The van der Waals surface area contributed by atoms with Crippen LogP contribution < -0.4 is 9.64 Å². The van der Waals surface area contributed by atoms with Crippen molar-refractivity contribution in [2.75, 3.05) is 57.9 Å². The predicted molar refractivity (Wildman–Crippen MR) is 117 cm³/mol. The number of hydrogen-bond donors (Lipinski definition) is 0. The van der Waals surface area contributed by atoms with Crippen LogP contribution in [0.1, 0.15) is 26.7 Å². The first-order valence-corrected chi connectivity index (χ1v) is 11.3. The van der Waals surface area contributed by atoms with E-state index in [-0.39, 0.29) is 12.2 Å². The molecule has 0 atom stereocenters. The SMILES string of the molecule is COOSN1CCN(c2ccc(OCC3CCN(C(=O)OC(C)C)CC3)cc2)CC1. The second kappa shape index (κ2) is 11.6. The molecule has 0 radical (unpaired) electrons. The molecular weight excluding hydrogens is 406 g/mol. The third-order valence-corrected chi connectivity index (χ3v) is 6.11. The number of piperidine rings is 1. The summed E-state index contributed by atoms with van der Waals surface area (Å²) in [6.07, 6.45) is 1.61. The van der Waals surface area contributed by atoms with Crippen molar-refractivity contribution in [1.82, 2.24) is 9.21 Å². The van der Waals surface area contributed by atoms with Crippen LogP contribution in [0.25, 0.3) is 0 Å². The molecule has 2 heterocycles. The summed E-state index contributed by atoms with van der Waals surface area (Å²) in [6, 6.07) is 8.32. The number of carbonyl (C=O) groups is 1. The Hall–Kier alpha value is -1.68. The van der Waals surface area contributed by atoms with Gasteiger partial charge in [-0.2, -0.15) is 0 Å². The Labute approximate surface area is 183 Å². The summed E-state index contributed by atoms with van der Waals surface area (Å²) in [5.74, 6) is 1.36. The lowest BCUT2D eigenvalue weighted by atomic mass is 9.98. The van der Waals surface area contributed by atoms with E-state index in [2.05, 4.69) is 26.2 Å². The summed E-state index contributed by atoms with van der Waals surface area (Å²) in [6.45, 7) is 9.61. The van der Waals surface area contributed by atoms with E-state index in [1.165, 1.54) is 25.0 Å². The van der Waals surface area contributed by atoms with Gasteiger partial charge >= 0.3 is 6.09 Å². The highest BCUT2D eigenvalue weighted by atomic mass is 32.2. The highest BCUT2D eigenvalue weighted by molar-refractivity contribution is 7.92. The van der Waals surface area contributed by atoms with Crippen molar-refractivity contribution in [1.29, 1.82) is 0 Å². The fourth-order valence-electron chi connectivity index (χ4n) is 3.62. The molecule has 0 N–H and O–H groups in total. The van der Waals surface area contributed by atoms with Crippen LogP contribution in [-0.4, -0.2) is 74.4 Å². The van der Waals surface area contributed by atoms with Crippen molar-refractivity contribution in [2.45, 2.75) is 32.8 Å². The third kappa shape index (κ3) is 6.94. The molecule has 8 nitrogen and oxygen atoms in total. The van der Waals surface area contributed by atoms with Gasteiger partial charge in [0.05, 0.1) is 19.8 Å². The maximum absolute atomic E-state index is 12.0. The van der Waals surface area contributed by atoms with Gasteiger partial charge in [-0.1, -0.05) is 0 Å². The van der Waals surface area contributed by atoms with Gasteiger partial charge in [-0.05, 0) is 56.9 Å². The van der Waals surface area contributed by atoms with E-state index in [1.54, 1.807) is 4.90 Å². The van der Waals surface area contributed by atoms with E-state index >= 15 is 0 Å². The van der Waals surface area contributed by atoms with Crippen LogP contribution in [-0.2, 0) is 14.0 Å². The lowest BCUT2D eigenvalue weighted by molar-refractivity contribution is -0.163. The predicted octanol–water partition coefficient (Wildman–Crippen LogP) is 3.59. The first-order chi connectivity index (χ1) is 14.5. The Balaban J connectivity index is 1.37. The Kier molecular flexibility index (Phi) is 8.92. The smallest absolute Gasteiger partial charge is 0.410 e. The van der Waals surface area contributed by atoms with Gasteiger partial charge in [0.15, 0.2) is 0 Å². The second-order valence-electron chi connectivity index (χ2n) is 7.89. The minimum absolute atomic E-state index is 0.0750. The Morgan fingerprint density at radius 2 is 1.73 bits per heavy atom. The number of carbonyl (C=O) groups excluding carboxylic acids is 1. The van der Waals surface area contributed by atoms with Crippen molar-refractivity contribution >= 4 is 24.0 Å². The Morgan fingerprint density at radius 3 is 2.33 bits per heavy atom. The first-order valence-electron chi connectivity index (χ1n) is 10.6. The molecule has 2 fully saturated rings. The normalized spacial score (nSPS) is 18.7. The number of hydrogen-bond acceptors (Lipinski definition) is 8. The molecule has 3 rings (SSSR count). The monoisotopic (exact) mass is 439 g/mol. The minimum atomic E-state index is -0.203. The van der Waals surface area contributed by atoms with Crippen LogP contribution >= 0.6 is 12.2 Å². The molecule has 1 amide bonds. The zero-order chi connectivity index (χ0) is 21.3. The number of piperazine rings is 1. The number of benzene rings is 1. The maximum Gasteiger partial charge on any atom is 0.410 e. The third-order valence-electron chi connectivity index (χ3n) is 5.34. The molecular formula is C21H33N3O5S. The summed E-state index contributed by atoms with van der Waals surface area (Å²) >= 11 is 1.26. The molecule has 0 aromatic heterocycles. The van der Waals surface area contributed by atoms with Gasteiger partial charge < -0.3 is 19.3 Å². The standard InChI is InChI=1S/C21H33N3O5S/c1-17(2)28-21(25)23-10-8-18(9-11-23)16-27-20-6-4-19(5-7-20)22-12-14-24(15-13-22)30-29-26-3/h4-7,17-18H,8-16H2,1-3H3. The van der Waals surface area contributed by atoms with Gasteiger partial charge in [-0.25, -0.2) is 14.0 Å². The molecule has 1 aromatic rings. The van der Waals surface area contributed by atoms with E-state index in [1.807, 2.05) is 26.0 Å². The van der Waals surface area contributed by atoms with Crippen molar-refractivity contribution in [3.8, 4) is 5.75 Å². The quantitative estimate of drug-likeness (QED) is 0.264. The van der Waals surface area contributed by atoms with Crippen LogP contribution in [0.3, 0.4) is 0 Å². The lowest BCUT2D eigenvalue weighted by Gasteiger charge is -2.34. The van der Waals surface area contributed by atoms with Gasteiger partial charge in [-0.15, -0.1) is 4.33 Å². The zero-order valence-electron chi connectivity index (χ0n) is 18.1. The molecule has 1 aromatic carbocycles. The van der Waals surface area contributed by atoms with Gasteiger partial charge in [0.2, 0.25) is 0 Å². The number of rotatable bonds is 8. The molecule has 0 spiro atoms. The van der Waals surface area contributed by atoms with Gasteiger partial charge in [-0.3, -0.25) is 0 Å². The molecule has 30 heavy (non-hydrogen) atoms. The zero-order valence-corrected chi connectivity index (χ0v) is 18.9. The molecule has 2 aliphatic rings. The molecule has 2 aliphatic heterocycles. The van der Waals surface area contributed by atoms with Crippen LogP contribution in [0.5, 0.6) is 5.75 Å². The fraction of sp³-hybridized carbons (Fsp3) is 0.667. The van der Waals surface area contributed by atoms with Gasteiger partial charge in [0, 0.05) is 45.0 Å². The molecule has 0 saturated carbocycles. The van der Waals surface area contributed by atoms with Crippen LogP contribution in [0.15, 0.2) is 24.3 Å². The molecule has 9 heteroatoms. The van der Waals surface area contributed by atoms with Gasteiger partial charge in [0.1, 0.15) is 18.0 Å². The minimum Gasteiger partial charge on any atom is -0.493 e. The van der Waals surface area contributed by atoms with E-state index < -0.39 is 0 Å². The summed E-state index contributed by atoms with van der Waals surface area (Å²) < 4.78 is 18.4. The van der Waals surface area contributed by atoms with Crippen molar-refractivity contribution in [2.24, 2.45) is 5.92 Å². The second-order valence-corrected chi connectivity index (χ2v) is 8.69. The Bertz CT molecular complexity index is 645. The highest BCUT2D eigenvalue weighted by Gasteiger charge is 2.25. The number of amides is 1. The lowest BCUT2D eigenvalue weighted by Crippen LogP contribution is -2.43. The van der Waals surface area contributed by atoms with E-state index in [0.29, 0.717) is 12.5 Å². The fourth-order valence-corrected chi connectivity index (χ4v) is 4.08. The summed E-state index contributed by atoms with van der Waals surface area (Å²) in [5, 5.41) is 0.